The Morgan fingerprint density at radius 1 is 0.783 bits per heavy atom. The molecule has 0 unspecified atom stereocenters. The van der Waals surface area contributed by atoms with Crippen LogP contribution in [0, 0.1) is 6.92 Å². The van der Waals surface area contributed by atoms with Gasteiger partial charge in [-0.1, -0.05) is 48.5 Å². The maximum atomic E-state index is 5.94. The minimum atomic E-state index is 0.576. The molecule has 0 spiro atoms. The highest BCUT2D eigenvalue weighted by molar-refractivity contribution is 5.97. The van der Waals surface area contributed by atoms with E-state index in [4.69, 9.17) is 9.72 Å². The lowest BCUT2D eigenvalue weighted by Crippen LogP contribution is -1.95. The van der Waals surface area contributed by atoms with Gasteiger partial charge in [0.1, 0.15) is 12.4 Å². The summed E-state index contributed by atoms with van der Waals surface area (Å²) in [5, 5.41) is 2.34. The third-order valence-electron chi connectivity index (χ3n) is 4.17. The van der Waals surface area contributed by atoms with E-state index in [1.165, 1.54) is 16.5 Å². The van der Waals surface area contributed by atoms with E-state index >= 15 is 0 Å². The first-order chi connectivity index (χ1) is 11.3. The third kappa shape index (κ3) is 2.64. The number of hydrogen-bond acceptors (Lipinski definition) is 2. The van der Waals surface area contributed by atoms with E-state index in [0.717, 1.165) is 22.2 Å². The zero-order valence-corrected chi connectivity index (χ0v) is 13.0. The Balaban J connectivity index is 1.72. The van der Waals surface area contributed by atoms with Gasteiger partial charge in [0.2, 0.25) is 0 Å². The fourth-order valence-corrected chi connectivity index (χ4v) is 2.91. The quantitative estimate of drug-likeness (QED) is 0.480. The summed E-state index contributed by atoms with van der Waals surface area (Å²) < 4.78 is 5.94. The second-order valence-corrected chi connectivity index (χ2v) is 5.71. The Hall–Kier alpha value is -2.87. The smallest absolute Gasteiger partial charge is 0.120 e. The van der Waals surface area contributed by atoms with Crippen molar-refractivity contribution < 1.29 is 4.74 Å². The lowest BCUT2D eigenvalue weighted by Gasteiger charge is -2.10. The molecule has 0 saturated carbocycles. The molecule has 2 heteroatoms. The molecule has 0 bridgehead atoms. The van der Waals surface area contributed by atoms with Crippen molar-refractivity contribution in [1.29, 1.82) is 0 Å². The molecule has 0 aliphatic heterocycles. The van der Waals surface area contributed by atoms with Crippen LogP contribution in [0.1, 0.15) is 11.1 Å². The first-order valence-electron chi connectivity index (χ1n) is 7.77. The van der Waals surface area contributed by atoms with Gasteiger partial charge in [-0.25, -0.2) is 4.98 Å². The Bertz CT molecular complexity index is 977. The predicted octanol–water partition coefficient (Wildman–Crippen LogP) is 5.28. The third-order valence-corrected chi connectivity index (χ3v) is 4.17. The number of aromatic nitrogens is 1. The van der Waals surface area contributed by atoms with E-state index in [1.807, 2.05) is 36.4 Å². The van der Waals surface area contributed by atoms with Crippen molar-refractivity contribution in [3.05, 3.63) is 83.9 Å². The summed E-state index contributed by atoms with van der Waals surface area (Å²) in [6.07, 6.45) is 0. The van der Waals surface area contributed by atoms with Crippen molar-refractivity contribution in [2.45, 2.75) is 13.5 Å². The monoisotopic (exact) mass is 299 g/mol. The molecular weight excluding hydrogens is 282 g/mol. The number of para-hydroxylation sites is 1. The molecule has 23 heavy (non-hydrogen) atoms. The Morgan fingerprint density at radius 2 is 1.52 bits per heavy atom. The summed E-state index contributed by atoms with van der Waals surface area (Å²) >= 11 is 0. The maximum absolute atomic E-state index is 5.94. The zero-order chi connectivity index (χ0) is 15.6. The average Bonchev–Trinajstić information content (AvgIpc) is 2.61. The first kappa shape index (κ1) is 13.8. The van der Waals surface area contributed by atoms with Gasteiger partial charge in [-0.3, -0.25) is 0 Å². The van der Waals surface area contributed by atoms with Gasteiger partial charge in [0, 0.05) is 10.8 Å². The summed E-state index contributed by atoms with van der Waals surface area (Å²) in [5.41, 5.74) is 4.46. The molecule has 0 atom stereocenters. The lowest BCUT2D eigenvalue weighted by atomic mass is 10.0. The van der Waals surface area contributed by atoms with Gasteiger partial charge < -0.3 is 4.74 Å². The van der Waals surface area contributed by atoms with Gasteiger partial charge in [0.25, 0.3) is 0 Å². The normalized spacial score (nSPS) is 11.0. The topological polar surface area (TPSA) is 22.1 Å². The van der Waals surface area contributed by atoms with Crippen LogP contribution in [0.4, 0.5) is 0 Å². The molecule has 3 aromatic carbocycles. The molecule has 0 amide bonds. The van der Waals surface area contributed by atoms with Gasteiger partial charge in [-0.2, -0.15) is 0 Å². The number of pyridine rings is 1. The molecule has 1 heterocycles. The van der Waals surface area contributed by atoms with Crippen molar-refractivity contribution in [2.24, 2.45) is 0 Å². The number of rotatable bonds is 3. The molecule has 1 aromatic heterocycles. The van der Waals surface area contributed by atoms with E-state index in [1.54, 1.807) is 0 Å². The second-order valence-electron chi connectivity index (χ2n) is 5.71. The predicted molar refractivity (Wildman–Crippen MR) is 94.8 cm³/mol. The summed E-state index contributed by atoms with van der Waals surface area (Å²) in [6, 6.07) is 24.6. The molecule has 4 rings (SSSR count). The van der Waals surface area contributed by atoms with Crippen LogP contribution in [0.3, 0.4) is 0 Å². The van der Waals surface area contributed by atoms with Gasteiger partial charge in [0.15, 0.2) is 0 Å². The largest absolute Gasteiger partial charge is 0.489 e. The zero-order valence-electron chi connectivity index (χ0n) is 13.0. The van der Waals surface area contributed by atoms with E-state index in [2.05, 4.69) is 43.3 Å². The maximum Gasteiger partial charge on any atom is 0.120 e. The van der Waals surface area contributed by atoms with Crippen LogP contribution < -0.4 is 4.74 Å². The molecule has 4 aromatic rings. The SMILES string of the molecule is Cc1c2ccccc2nc2ccc(OCc3ccccc3)cc12. The van der Waals surface area contributed by atoms with Gasteiger partial charge >= 0.3 is 0 Å². The highest BCUT2D eigenvalue weighted by Gasteiger charge is 2.06. The molecule has 0 aliphatic carbocycles. The van der Waals surface area contributed by atoms with Crippen LogP contribution in [0.15, 0.2) is 72.8 Å². The molecule has 112 valence electrons. The van der Waals surface area contributed by atoms with Crippen molar-refractivity contribution in [1.82, 2.24) is 4.98 Å². The number of aryl methyl sites for hydroxylation is 1. The summed E-state index contributed by atoms with van der Waals surface area (Å²) in [4.78, 5) is 4.74. The molecule has 0 saturated heterocycles. The number of nitrogens with zero attached hydrogens (tertiary/aromatic N) is 1. The van der Waals surface area contributed by atoms with Crippen LogP contribution in [0.25, 0.3) is 21.8 Å². The standard InChI is InChI=1S/C21H17NO/c1-15-18-9-5-6-10-20(18)22-21-12-11-17(13-19(15)21)23-14-16-7-3-2-4-8-16/h2-13H,14H2,1H3. The summed E-state index contributed by atoms with van der Waals surface area (Å²) in [6.45, 7) is 2.72. The van der Waals surface area contributed by atoms with E-state index in [9.17, 15) is 0 Å². The fourth-order valence-electron chi connectivity index (χ4n) is 2.91. The van der Waals surface area contributed by atoms with E-state index < -0.39 is 0 Å². The fraction of sp³-hybridized carbons (Fsp3) is 0.0952. The van der Waals surface area contributed by atoms with Crippen molar-refractivity contribution >= 4 is 21.8 Å². The lowest BCUT2D eigenvalue weighted by molar-refractivity contribution is 0.306. The molecular formula is C21H17NO. The minimum absolute atomic E-state index is 0.576. The molecule has 0 N–H and O–H groups in total. The van der Waals surface area contributed by atoms with E-state index in [-0.39, 0.29) is 0 Å². The Morgan fingerprint density at radius 3 is 2.39 bits per heavy atom. The van der Waals surface area contributed by atoms with Crippen molar-refractivity contribution in [3.63, 3.8) is 0 Å². The average molecular weight is 299 g/mol. The molecule has 0 aliphatic rings. The van der Waals surface area contributed by atoms with E-state index in [0.29, 0.717) is 6.61 Å². The molecule has 0 radical (unpaired) electrons. The molecule has 2 nitrogen and oxygen atoms in total. The van der Waals surface area contributed by atoms with Crippen LogP contribution in [0.5, 0.6) is 5.75 Å². The number of fused-ring (bicyclic) bond motifs is 2. The highest BCUT2D eigenvalue weighted by atomic mass is 16.5. The van der Waals surface area contributed by atoms with Gasteiger partial charge in [-0.05, 0) is 42.3 Å². The summed E-state index contributed by atoms with van der Waals surface area (Å²) in [7, 11) is 0. The van der Waals surface area contributed by atoms with Crippen molar-refractivity contribution in [3.8, 4) is 5.75 Å². The van der Waals surface area contributed by atoms with Crippen LogP contribution >= 0.6 is 0 Å². The van der Waals surface area contributed by atoms with Crippen LogP contribution in [0.2, 0.25) is 0 Å². The Labute approximate surface area is 135 Å². The highest BCUT2D eigenvalue weighted by Crippen LogP contribution is 2.28. The Kier molecular flexibility index (Phi) is 3.43. The van der Waals surface area contributed by atoms with Crippen LogP contribution in [-0.2, 0) is 6.61 Å². The molecule has 0 fully saturated rings. The summed E-state index contributed by atoms with van der Waals surface area (Å²) in [5.74, 6) is 0.876. The van der Waals surface area contributed by atoms with Gasteiger partial charge in [-0.15, -0.1) is 0 Å². The minimum Gasteiger partial charge on any atom is -0.489 e. The number of ether oxygens (including phenoxy) is 1. The second kappa shape index (κ2) is 5.73. The number of hydrogen-bond donors (Lipinski definition) is 0. The van der Waals surface area contributed by atoms with Crippen LogP contribution in [-0.4, -0.2) is 4.98 Å². The van der Waals surface area contributed by atoms with Gasteiger partial charge in [0.05, 0.1) is 11.0 Å². The first-order valence-corrected chi connectivity index (χ1v) is 7.77. The van der Waals surface area contributed by atoms with Crippen molar-refractivity contribution in [2.75, 3.05) is 0 Å². The number of benzene rings is 3.